The molecule has 4 fully saturated rings. The lowest BCUT2D eigenvalue weighted by molar-refractivity contribution is -0.318. The van der Waals surface area contributed by atoms with Crippen LogP contribution in [0.2, 0.25) is 0 Å². The van der Waals surface area contributed by atoms with Crippen LogP contribution >= 0.6 is 15.6 Å². The summed E-state index contributed by atoms with van der Waals surface area (Å²) in [5.41, 5.74) is 8.96. The number of aromatic nitrogens is 4. The smallest absolute Gasteiger partial charge is 0.364 e. The lowest BCUT2D eigenvalue weighted by Crippen LogP contribution is -2.63. The molecule has 4 aliphatic rings. The third kappa shape index (κ3) is 13.7. The van der Waals surface area contributed by atoms with E-state index in [9.17, 15) is 94.0 Å². The van der Waals surface area contributed by atoms with Gasteiger partial charge in [0.05, 0.1) is 50.3 Å². The average Bonchev–Trinajstić information content (AvgIpc) is 3.74. The van der Waals surface area contributed by atoms with E-state index in [0.29, 0.717) is 0 Å². The van der Waals surface area contributed by atoms with Crippen molar-refractivity contribution in [2.75, 3.05) is 31.3 Å². The number of carboxylic acids is 2. The number of ether oxygens (including phenoxy) is 4. The summed E-state index contributed by atoms with van der Waals surface area (Å²) in [6.45, 7) is 0.855. The molecule has 4 saturated heterocycles. The molecule has 4 aliphatic heterocycles. The van der Waals surface area contributed by atoms with Crippen LogP contribution in [0.3, 0.4) is 0 Å². The van der Waals surface area contributed by atoms with Gasteiger partial charge in [-0.15, -0.1) is 0 Å². The Bertz CT molecular complexity index is 2530. The van der Waals surface area contributed by atoms with Crippen molar-refractivity contribution in [3.05, 3.63) is 45.5 Å². The molecule has 0 radical (unpaired) electrons. The van der Waals surface area contributed by atoms with Gasteiger partial charge in [-0.25, -0.2) is 19.2 Å². The van der Waals surface area contributed by atoms with Gasteiger partial charge < -0.3 is 111 Å². The van der Waals surface area contributed by atoms with Crippen LogP contribution in [0.5, 0.6) is 0 Å². The van der Waals surface area contributed by atoms with Crippen LogP contribution in [0.25, 0.3) is 0 Å². The fourth-order valence-corrected chi connectivity index (χ4v) is 9.87. The second-order valence-corrected chi connectivity index (χ2v) is 19.9. The number of phosphoric ester groups is 2. The first-order chi connectivity index (χ1) is 34.3. The molecule has 2 aromatic rings. The third-order valence-corrected chi connectivity index (χ3v) is 13.8. The molecule has 37 heteroatoms. The fraction of sp³-hybridized carbons (Fsp3) is 0.703. The van der Waals surface area contributed by atoms with Gasteiger partial charge in [-0.05, 0) is 19.1 Å². The highest BCUT2D eigenvalue weighted by Crippen LogP contribution is 2.50. The van der Waals surface area contributed by atoms with Crippen LogP contribution < -0.4 is 38.0 Å². The van der Waals surface area contributed by atoms with E-state index in [1.54, 1.807) is 0 Å². The number of anilines is 2. The number of phosphoric acid groups is 2. The number of nitrogens with one attached hydrogen (secondary N) is 1. The summed E-state index contributed by atoms with van der Waals surface area (Å²) in [7, 11) is -11.2. The number of carboxylic acid groups (broad SMARTS) is 2. The quantitative estimate of drug-likeness (QED) is 0.0617. The number of rotatable bonds is 18. The zero-order chi connectivity index (χ0) is 55.6. The second kappa shape index (κ2) is 23.8. The van der Waals surface area contributed by atoms with Crippen LogP contribution in [-0.4, -0.2) is 204 Å². The minimum atomic E-state index is -5.65. The maximum atomic E-state index is 12.6. The van der Waals surface area contributed by atoms with E-state index in [0.717, 1.165) is 28.5 Å². The first-order valence-electron chi connectivity index (χ1n) is 21.8. The van der Waals surface area contributed by atoms with E-state index in [-0.39, 0.29) is 11.6 Å². The van der Waals surface area contributed by atoms with E-state index in [4.69, 9.17) is 40.0 Å². The van der Waals surface area contributed by atoms with Gasteiger partial charge in [0.25, 0.3) is 27.2 Å². The predicted octanol–water partition coefficient (Wildman–Crippen LogP) is -8.37. The number of carbonyl (C=O) groups excluding carboxylic acids is 1. The van der Waals surface area contributed by atoms with Gasteiger partial charge in [0.2, 0.25) is 5.91 Å². The standard InChI is InChI=1S/C19H30N3O15P.C18H27N4O13P/c1-7-8(24)4-19(17(29)30,36-15(7)12(26)9(25)5-23)37-38(32,33)34-6-10-13(27)14(28)16(35-10)22-3-2-11(20)21-18(22)31;1-7-12(20-8(2)23)9(24)5-18(34-7,16(27)28)35-36(30,31)32-6-10-13(25)14(26)15(33-10)22-4-3-11(19)21-17(22)29/h2-3,7-10,12-16,23-28H,4-6H2,1H3,(H,29,30)(H,32,33)(H2,20,21,31);3-4,7,9-10,12-15,24-26H,5-6H2,1-2H3,(H,20,23)(H,27,28)(H,30,31)(H2,19,21,29)/p-2. The molecule has 0 aliphatic carbocycles. The third-order valence-electron chi connectivity index (χ3n) is 11.9. The topological polar surface area (TPSA) is 562 Å². The van der Waals surface area contributed by atoms with Gasteiger partial charge in [0.15, 0.2) is 12.5 Å². The Morgan fingerprint density at radius 2 is 1.20 bits per heavy atom. The van der Waals surface area contributed by atoms with Crippen molar-refractivity contribution in [2.24, 2.45) is 5.92 Å². The predicted molar refractivity (Wildman–Crippen MR) is 230 cm³/mol. The van der Waals surface area contributed by atoms with E-state index in [2.05, 4.69) is 28.9 Å². The van der Waals surface area contributed by atoms with Gasteiger partial charge in [-0.3, -0.25) is 32.1 Å². The minimum absolute atomic E-state index is 0.103. The van der Waals surface area contributed by atoms with Crippen molar-refractivity contribution in [3.8, 4) is 0 Å². The minimum Gasteiger partial charge on any atom is -0.756 e. The maximum absolute atomic E-state index is 12.6. The first kappa shape index (κ1) is 60.3. The van der Waals surface area contributed by atoms with Crippen LogP contribution in [0.1, 0.15) is 46.1 Å². The first-order valence-corrected chi connectivity index (χ1v) is 24.7. The largest absolute Gasteiger partial charge is 0.756 e. The Morgan fingerprint density at radius 1 is 0.784 bits per heavy atom. The van der Waals surface area contributed by atoms with E-state index in [1.807, 2.05) is 0 Å². The molecule has 6 rings (SSSR count). The van der Waals surface area contributed by atoms with Crippen molar-refractivity contribution >= 4 is 45.1 Å². The van der Waals surface area contributed by atoms with Crippen molar-refractivity contribution in [3.63, 3.8) is 0 Å². The summed E-state index contributed by atoms with van der Waals surface area (Å²) in [6.07, 6.45) is -22.3. The molecule has 0 aromatic carbocycles. The summed E-state index contributed by atoms with van der Waals surface area (Å²) in [5.74, 6) is -11.7. The van der Waals surface area contributed by atoms with E-state index >= 15 is 0 Å². The highest BCUT2D eigenvalue weighted by Gasteiger charge is 2.57. The molecule has 16 N–H and O–H groups in total. The molecular weight excluding hydrogens is 1050 g/mol. The number of nitrogens with zero attached hydrogens (tertiary/aromatic N) is 4. The van der Waals surface area contributed by atoms with Crippen LogP contribution in [-0.2, 0) is 60.6 Å². The number of hydrogen-bond acceptors (Lipinski definition) is 30. The van der Waals surface area contributed by atoms with Gasteiger partial charge >= 0.3 is 23.3 Å². The number of hydrogen-bond donors (Lipinski definition) is 14. The summed E-state index contributed by atoms with van der Waals surface area (Å²) in [4.78, 5) is 91.2. The van der Waals surface area contributed by atoms with Crippen LogP contribution in [0.4, 0.5) is 11.6 Å². The molecule has 0 bridgehead atoms. The Morgan fingerprint density at radius 3 is 1.58 bits per heavy atom. The Kier molecular flexibility index (Phi) is 19.4. The molecule has 0 saturated carbocycles. The monoisotopic (exact) mass is 1110 g/mol. The normalized spacial score (nSPS) is 36.6. The lowest BCUT2D eigenvalue weighted by Gasteiger charge is -2.46. The molecule has 20 unspecified atom stereocenters. The summed E-state index contributed by atoms with van der Waals surface area (Å²) >= 11 is 0. The van der Waals surface area contributed by atoms with Gasteiger partial charge in [-0.2, -0.15) is 9.97 Å². The van der Waals surface area contributed by atoms with E-state index in [1.165, 1.54) is 26.0 Å². The van der Waals surface area contributed by atoms with Crippen LogP contribution in [0.15, 0.2) is 34.1 Å². The van der Waals surface area contributed by atoms with Crippen molar-refractivity contribution in [2.45, 2.75) is 137 Å². The fourth-order valence-electron chi connectivity index (χ4n) is 8.00. The molecule has 20 atom stereocenters. The summed E-state index contributed by atoms with van der Waals surface area (Å²) in [6, 6.07) is 1.40. The zero-order valence-electron chi connectivity index (χ0n) is 38.8. The molecule has 1 amide bonds. The second-order valence-electron chi connectivity index (χ2n) is 17.2. The SMILES string of the molecule is CC(=O)NC1C(O)CC(OP(=O)([O-])OCC2OC(n3ccc(N)nc3=O)C(O)C2O)(C(=O)O)OC1C.CC1C(O)CC(OP(=O)([O-])OCC2OC(n3ccc(N)nc3=O)C(O)C2O)(C(=O)O)OC1C(O)C(O)CO. The van der Waals surface area contributed by atoms with Crippen molar-refractivity contribution < 1.29 is 127 Å². The number of aliphatic hydroxyl groups is 9. The molecule has 0 spiro atoms. The van der Waals surface area contributed by atoms with Gasteiger partial charge in [0.1, 0.15) is 60.5 Å². The average molecular weight is 1110 g/mol. The van der Waals surface area contributed by atoms with Crippen molar-refractivity contribution in [1.82, 2.24) is 24.4 Å². The molecule has 6 heterocycles. The summed E-state index contributed by atoms with van der Waals surface area (Å²) < 4.78 is 66.5. The Labute approximate surface area is 415 Å². The Hall–Kier alpha value is -4.53. The number of aliphatic carboxylic acids is 2. The molecule has 2 aromatic heterocycles. The van der Waals surface area contributed by atoms with E-state index < -0.39 is 187 Å². The Balaban J connectivity index is 0.000000274. The lowest BCUT2D eigenvalue weighted by atomic mass is 9.85. The molecule has 418 valence electrons. The molecule has 74 heavy (non-hydrogen) atoms. The molecular formula is C37H55N7O28P2-2. The van der Waals surface area contributed by atoms with Gasteiger partial charge in [-0.1, -0.05) is 6.92 Å². The number of nitrogens with two attached hydrogens (primary N) is 2. The number of carbonyl (C=O) groups is 3. The highest BCUT2D eigenvalue weighted by molar-refractivity contribution is 7.46. The van der Waals surface area contributed by atoms with Gasteiger partial charge in [0, 0.05) is 38.1 Å². The highest BCUT2D eigenvalue weighted by atomic mass is 31.2. The maximum Gasteiger partial charge on any atom is 0.364 e. The van der Waals surface area contributed by atoms with Crippen LogP contribution in [0, 0.1) is 5.92 Å². The van der Waals surface area contributed by atoms with Crippen molar-refractivity contribution in [1.29, 1.82) is 0 Å². The zero-order valence-corrected chi connectivity index (χ0v) is 40.6. The number of amides is 1. The summed E-state index contributed by atoms with van der Waals surface area (Å²) in [5, 5.41) is 112. The number of aliphatic hydroxyl groups excluding tert-OH is 9. The molecule has 35 nitrogen and oxygen atoms in total. The number of nitrogen functional groups attached to an aromatic ring is 2.